The minimum atomic E-state index is -4.33. The van der Waals surface area contributed by atoms with Gasteiger partial charge in [0.05, 0.1) is 89.4 Å². The predicted molar refractivity (Wildman–Crippen MR) is 550 cm³/mol. The minimum absolute atomic E-state index is 0.00615. The number of sulfonamides is 4. The minimum Gasteiger partial charge on any atom is -0.494 e. The highest BCUT2D eigenvalue weighted by molar-refractivity contribution is 7.90. The second-order valence-corrected chi connectivity index (χ2v) is 43.1. The molecule has 9 aromatic heterocycles. The molecule has 17 rings (SSSR count). The number of nitrogens with one attached hydrogen (secondary N) is 6. The molecular formula is C103H115F2N21O16S4. The molecule has 4 aliphatic rings. The quantitative estimate of drug-likeness (QED) is 0.0187. The van der Waals surface area contributed by atoms with Gasteiger partial charge in [0, 0.05) is 92.5 Å². The SMILES string of the molecule is CC(C)COc1cc(F)cc(-c2ccc(C(=O)NS(=O)(=O)c3cccc(N)n3)c(N3CC=CC3)n2)c1.CC(C)COc1cc(F)cc(-c2ccc(C(=O)NS(=O)(=O)c3cccc(N)n3)c(N3CCCC3c3ccccc3)n2)c1.CC1CC(C)CN(c2nc(-c3ccc(OC(C)C)nc3)ccc2C(=O)NS(=O)(=O)c2ccn[nH]2)C1.CCOc1ccc(-c2ccc(C(=O)NS(=O)(=O)c3ccn[nH]3)c(N3CCC(C)CC3)n2)cc1. The molecule has 37 nitrogen and oxygen atoms in total. The number of carbonyl (C=O) groups excluding carboxylic acids is 4. The lowest BCUT2D eigenvalue weighted by Crippen LogP contribution is -2.41. The normalized spacial score (nSPS) is 15.4. The fourth-order valence-electron chi connectivity index (χ4n) is 16.6. The van der Waals surface area contributed by atoms with Crippen molar-refractivity contribution in [3.8, 4) is 68.2 Å². The number of aromatic amines is 2. The van der Waals surface area contributed by atoms with Gasteiger partial charge < -0.3 is 50.0 Å². The second kappa shape index (κ2) is 47.4. The number of pyridine rings is 7. The molecule has 4 aliphatic heterocycles. The number of benzene rings is 4. The molecule has 0 bridgehead atoms. The van der Waals surface area contributed by atoms with Gasteiger partial charge in [-0.3, -0.25) is 29.4 Å². The summed E-state index contributed by atoms with van der Waals surface area (Å²) >= 11 is 0. The Morgan fingerprint density at radius 3 is 1.32 bits per heavy atom. The summed E-state index contributed by atoms with van der Waals surface area (Å²) in [5.74, 6) is 1.24. The summed E-state index contributed by atoms with van der Waals surface area (Å²) in [5.41, 5.74) is 17.5. The zero-order chi connectivity index (χ0) is 104. The highest BCUT2D eigenvalue weighted by Crippen LogP contribution is 2.41. The largest absolute Gasteiger partial charge is 0.494 e. The Labute approximate surface area is 846 Å². The van der Waals surface area contributed by atoms with E-state index in [9.17, 15) is 61.6 Å². The van der Waals surface area contributed by atoms with Gasteiger partial charge in [0.2, 0.25) is 5.88 Å². The van der Waals surface area contributed by atoms with Crippen LogP contribution in [0.15, 0.2) is 251 Å². The van der Waals surface area contributed by atoms with Crippen LogP contribution in [0.1, 0.15) is 154 Å². The first-order chi connectivity index (χ1) is 69.7. The van der Waals surface area contributed by atoms with Crippen molar-refractivity contribution in [2.24, 2.45) is 29.6 Å². The number of ether oxygens (including phenoxy) is 4. The number of aromatic nitrogens is 11. The average molecular weight is 2070 g/mol. The number of halogens is 2. The number of amides is 4. The topological polar surface area (TPSA) is 502 Å². The van der Waals surface area contributed by atoms with Crippen LogP contribution in [0, 0.1) is 41.2 Å². The van der Waals surface area contributed by atoms with Crippen LogP contribution >= 0.6 is 0 Å². The number of rotatable bonds is 31. The van der Waals surface area contributed by atoms with Crippen LogP contribution < -0.4 is 68.9 Å². The van der Waals surface area contributed by atoms with Crippen molar-refractivity contribution in [1.29, 1.82) is 0 Å². The van der Waals surface area contributed by atoms with Crippen LogP contribution in [0.25, 0.3) is 45.0 Å². The van der Waals surface area contributed by atoms with Crippen LogP contribution in [0.2, 0.25) is 0 Å². The molecule has 3 saturated heterocycles. The zero-order valence-electron chi connectivity index (χ0n) is 82.0. The van der Waals surface area contributed by atoms with Crippen LogP contribution in [-0.4, -0.2) is 184 Å². The van der Waals surface area contributed by atoms with Gasteiger partial charge in [-0.25, -0.2) is 62.6 Å². The maximum atomic E-state index is 14.6. The molecule has 766 valence electrons. The third kappa shape index (κ3) is 27.8. The predicted octanol–water partition coefficient (Wildman–Crippen LogP) is 15.2. The van der Waals surface area contributed by atoms with Crippen molar-refractivity contribution in [3.05, 3.63) is 270 Å². The van der Waals surface area contributed by atoms with E-state index in [0.717, 1.165) is 67.6 Å². The number of hydrogen-bond acceptors (Lipinski definition) is 31. The van der Waals surface area contributed by atoms with Crippen LogP contribution in [0.3, 0.4) is 0 Å². The fraction of sp³-hybridized carbons (Fsp3) is 0.311. The Hall–Kier alpha value is -15.4. The van der Waals surface area contributed by atoms with Gasteiger partial charge in [-0.05, 0) is 228 Å². The third-order valence-electron chi connectivity index (χ3n) is 23.4. The maximum absolute atomic E-state index is 14.6. The summed E-state index contributed by atoms with van der Waals surface area (Å²) in [7, 11) is -16.8. The summed E-state index contributed by atoms with van der Waals surface area (Å²) in [6.45, 7) is 26.2. The molecule has 13 heterocycles. The van der Waals surface area contributed by atoms with E-state index in [1.165, 1.54) is 103 Å². The highest BCUT2D eigenvalue weighted by Gasteiger charge is 2.36. The first-order valence-corrected chi connectivity index (χ1v) is 53.4. The number of hydrogen-bond donors (Lipinski definition) is 8. The second-order valence-electron chi connectivity index (χ2n) is 36.6. The molecule has 0 radical (unpaired) electrons. The molecule has 13 aromatic rings. The number of carbonyl (C=O) groups is 4. The Morgan fingerprint density at radius 1 is 0.438 bits per heavy atom. The number of H-pyrrole nitrogens is 2. The van der Waals surface area contributed by atoms with Crippen molar-refractivity contribution in [2.45, 2.75) is 134 Å². The maximum Gasteiger partial charge on any atom is 0.281 e. The molecule has 43 heteroatoms. The van der Waals surface area contributed by atoms with Gasteiger partial charge in [-0.15, -0.1) is 0 Å². The van der Waals surface area contributed by atoms with E-state index in [1.54, 1.807) is 59.6 Å². The van der Waals surface area contributed by atoms with Gasteiger partial charge in [0.1, 0.15) is 63.8 Å². The molecular weight excluding hydrogens is 1950 g/mol. The van der Waals surface area contributed by atoms with Crippen molar-refractivity contribution in [2.75, 3.05) is 96.7 Å². The van der Waals surface area contributed by atoms with E-state index in [0.29, 0.717) is 139 Å². The Morgan fingerprint density at radius 2 is 0.877 bits per heavy atom. The Kier molecular flexibility index (Phi) is 34.6. The lowest BCUT2D eigenvalue weighted by atomic mass is 9.91. The summed E-state index contributed by atoms with van der Waals surface area (Å²) in [6, 6.07) is 53.2. The zero-order valence-corrected chi connectivity index (χ0v) is 85.2. The molecule has 0 aliphatic carbocycles. The molecule has 0 saturated carbocycles. The standard InChI is InChI=1S/C31H32FN5O4S.C25H26FN5O4S.C24H30N6O4S.C23H27N5O4S/c1-20(2)19-41-24-17-22(16-23(32)18-24)26-14-13-25(31(38)36-42(39,40)29-12-6-11-28(33)35-29)30(34-26)37-15-7-10-27(37)21-8-4-3-5-9-21;1-16(2)15-35-19-13-17(12-18(26)14-19)21-9-8-20(24(28-21)31-10-3-4-11-31)25(32)30-36(33,34)23-7-5-6-22(27)29-23;1-15(2)34-21-8-5-18(12-25-21)20-7-6-19(23(27-20)30-13-16(3)11-17(4)14-30)24(31)29-35(32,33)22-9-10-26-28-22;1-3-32-18-6-4-17(5-7-18)20-9-8-19(22(25-20)28-14-11-16(2)12-15-28)23(29)27-33(30,31)21-10-13-24-26-21/h3-6,8-9,11-14,16-18,20,27H,7,10,15,19H2,1-2H3,(H2,33,35)(H,36,38);3-9,12-14,16H,10-11,15H2,1-2H3,(H2,27,29)(H,30,32);5-10,12,15-17H,11,13-14H2,1-4H3,(H,26,28)(H,29,31);4-10,13,16H,3,11-12,14-15H2,1-2H3,(H,24,26)(H,27,29). The molecule has 3 unspecified atom stereocenters. The summed E-state index contributed by atoms with van der Waals surface area (Å²) in [4.78, 5) is 91.8. The van der Waals surface area contributed by atoms with E-state index in [4.69, 9.17) is 45.4 Å². The Bertz CT molecular complexity index is 7310. The lowest BCUT2D eigenvalue weighted by Gasteiger charge is -2.36. The number of piperidine rings is 2. The highest BCUT2D eigenvalue weighted by atomic mass is 32.2. The van der Waals surface area contributed by atoms with Crippen LogP contribution in [0.4, 0.5) is 43.7 Å². The summed E-state index contributed by atoms with van der Waals surface area (Å²) in [6.07, 6.45) is 12.8. The van der Waals surface area contributed by atoms with E-state index in [2.05, 4.69) is 85.1 Å². The van der Waals surface area contributed by atoms with E-state index in [1.807, 2.05) is 131 Å². The van der Waals surface area contributed by atoms with Gasteiger partial charge in [-0.1, -0.05) is 103 Å². The van der Waals surface area contributed by atoms with Crippen LogP contribution in [0.5, 0.6) is 23.1 Å². The molecule has 146 heavy (non-hydrogen) atoms. The van der Waals surface area contributed by atoms with Gasteiger partial charge in [-0.2, -0.15) is 43.9 Å². The van der Waals surface area contributed by atoms with E-state index >= 15 is 0 Å². The Balaban J connectivity index is 0.000000155. The molecule has 4 amide bonds. The van der Waals surface area contributed by atoms with Gasteiger partial charge >= 0.3 is 0 Å². The molecule has 0 spiro atoms. The van der Waals surface area contributed by atoms with Crippen LogP contribution in [-0.2, 0) is 40.1 Å². The van der Waals surface area contributed by atoms with Crippen molar-refractivity contribution >= 4 is 98.6 Å². The molecule has 10 N–H and O–H groups in total. The summed E-state index contributed by atoms with van der Waals surface area (Å²) < 4.78 is 162. The van der Waals surface area contributed by atoms with Crippen molar-refractivity contribution < 1.29 is 80.6 Å². The monoisotopic (exact) mass is 2070 g/mol. The smallest absolute Gasteiger partial charge is 0.281 e. The number of anilines is 6. The average Bonchev–Trinajstić information content (AvgIpc) is 1.44. The first kappa shape index (κ1) is 106. The first-order valence-electron chi connectivity index (χ1n) is 47.4. The van der Waals surface area contributed by atoms with Gasteiger partial charge in [0.15, 0.2) is 20.1 Å². The van der Waals surface area contributed by atoms with E-state index < -0.39 is 75.4 Å². The van der Waals surface area contributed by atoms with E-state index in [-0.39, 0.29) is 83.8 Å². The third-order valence-corrected chi connectivity index (χ3v) is 28.4. The summed E-state index contributed by atoms with van der Waals surface area (Å²) in [5, 5.41) is 10.9. The van der Waals surface area contributed by atoms with Crippen molar-refractivity contribution in [1.82, 2.24) is 74.2 Å². The molecule has 3 fully saturated rings. The molecule has 3 atom stereocenters. The number of nitrogen functional groups attached to an aromatic ring is 2. The fourth-order valence-corrected chi connectivity index (χ4v) is 20.2. The number of nitrogens with two attached hydrogens (primary N) is 2. The molecule has 4 aromatic carbocycles. The van der Waals surface area contributed by atoms with Crippen molar-refractivity contribution in [3.63, 3.8) is 0 Å². The lowest BCUT2D eigenvalue weighted by molar-refractivity contribution is 0.0972. The number of nitrogens with zero attached hydrogens (tertiary/aromatic N) is 13. The van der Waals surface area contributed by atoms with Gasteiger partial charge in [0.25, 0.3) is 63.7 Å².